The molecule has 144 valence electrons. The maximum Gasteiger partial charge on any atom is 0.119 e. The smallest absolute Gasteiger partial charge is 0.119 e. The van der Waals surface area contributed by atoms with E-state index in [0.717, 1.165) is 35.1 Å². The van der Waals surface area contributed by atoms with Gasteiger partial charge in [0, 0.05) is 6.42 Å². The zero-order valence-electron chi connectivity index (χ0n) is 16.3. The van der Waals surface area contributed by atoms with Crippen LogP contribution < -0.4 is 0 Å². The van der Waals surface area contributed by atoms with Gasteiger partial charge in [-0.2, -0.15) is 0 Å². The molecule has 0 aliphatic heterocycles. The summed E-state index contributed by atoms with van der Waals surface area (Å²) in [5.41, 5.74) is 6.40. The highest BCUT2D eigenvalue weighted by Crippen LogP contribution is 2.28. The number of phenolic OH excluding ortho intramolecular Hbond substituents is 2. The average Bonchev–Trinajstić information content (AvgIpc) is 2.74. The molecule has 0 unspecified atom stereocenters. The van der Waals surface area contributed by atoms with Crippen LogP contribution in [0, 0.1) is 0 Å². The second-order valence-electron chi connectivity index (χ2n) is 7.43. The average molecular weight is 380 g/mol. The molecule has 0 spiro atoms. The Kier molecular flexibility index (Phi) is 5.62. The molecule has 0 aromatic heterocycles. The first kappa shape index (κ1) is 18.8. The second-order valence-corrected chi connectivity index (χ2v) is 7.43. The van der Waals surface area contributed by atoms with Gasteiger partial charge in [0.15, 0.2) is 0 Å². The van der Waals surface area contributed by atoms with Crippen molar-refractivity contribution in [2.45, 2.75) is 19.3 Å². The number of phenols is 2. The van der Waals surface area contributed by atoms with Crippen LogP contribution in [0.25, 0.3) is 0 Å². The van der Waals surface area contributed by atoms with Crippen molar-refractivity contribution in [3.8, 4) is 11.5 Å². The summed E-state index contributed by atoms with van der Waals surface area (Å²) in [5.74, 6) is 0.518. The van der Waals surface area contributed by atoms with Crippen LogP contribution in [0.4, 0.5) is 0 Å². The van der Waals surface area contributed by atoms with Gasteiger partial charge in [0.05, 0.1) is 0 Å². The lowest BCUT2D eigenvalue weighted by molar-refractivity contribution is 0.462. The SMILES string of the molecule is Oc1ccc(Cc2ccccc2)cc1Cc1cc(Cc2ccccc2)ccc1O. The molecule has 0 bridgehead atoms. The molecule has 4 aromatic rings. The molecule has 2 heteroatoms. The molecule has 0 saturated heterocycles. The van der Waals surface area contributed by atoms with Crippen molar-refractivity contribution < 1.29 is 10.2 Å². The first-order valence-corrected chi connectivity index (χ1v) is 9.87. The Bertz CT molecular complexity index is 997. The van der Waals surface area contributed by atoms with Crippen LogP contribution in [0.5, 0.6) is 11.5 Å². The molecule has 0 saturated carbocycles. The van der Waals surface area contributed by atoms with Gasteiger partial charge in [-0.25, -0.2) is 0 Å². The molecule has 0 aliphatic rings. The van der Waals surface area contributed by atoms with Crippen molar-refractivity contribution >= 4 is 0 Å². The molecule has 2 N–H and O–H groups in total. The summed E-state index contributed by atoms with van der Waals surface area (Å²) in [6, 6.07) is 32.0. The third-order valence-electron chi connectivity index (χ3n) is 5.17. The molecular weight excluding hydrogens is 356 g/mol. The van der Waals surface area contributed by atoms with Gasteiger partial charge in [0.2, 0.25) is 0 Å². The highest BCUT2D eigenvalue weighted by atomic mass is 16.3. The number of hydrogen-bond donors (Lipinski definition) is 2. The Hall–Kier alpha value is -3.52. The fourth-order valence-corrected chi connectivity index (χ4v) is 3.65. The van der Waals surface area contributed by atoms with E-state index in [-0.39, 0.29) is 11.5 Å². The predicted molar refractivity (Wildman–Crippen MR) is 118 cm³/mol. The van der Waals surface area contributed by atoms with Crippen LogP contribution in [0.2, 0.25) is 0 Å². The Morgan fingerprint density at radius 3 is 1.24 bits per heavy atom. The van der Waals surface area contributed by atoms with E-state index in [1.54, 1.807) is 12.1 Å². The molecule has 0 aliphatic carbocycles. The topological polar surface area (TPSA) is 40.5 Å². The second kappa shape index (κ2) is 8.66. The van der Waals surface area contributed by atoms with Crippen molar-refractivity contribution in [3.63, 3.8) is 0 Å². The standard InChI is InChI=1S/C27H24O2/c28-26-13-11-22(15-20-7-3-1-4-8-20)17-24(26)19-25-18-23(12-14-27(25)29)16-21-9-5-2-6-10-21/h1-14,17-18,28-29H,15-16,19H2. The minimum absolute atomic E-state index is 0.259. The van der Waals surface area contributed by atoms with Crippen molar-refractivity contribution in [1.82, 2.24) is 0 Å². The van der Waals surface area contributed by atoms with Gasteiger partial charge in [0.1, 0.15) is 11.5 Å². The lowest BCUT2D eigenvalue weighted by atomic mass is 9.96. The Labute approximate surface area is 171 Å². The molecular formula is C27H24O2. The first-order valence-electron chi connectivity index (χ1n) is 9.87. The summed E-state index contributed by atoms with van der Waals surface area (Å²) < 4.78 is 0. The van der Waals surface area contributed by atoms with E-state index in [9.17, 15) is 10.2 Å². The minimum atomic E-state index is 0.259. The zero-order valence-corrected chi connectivity index (χ0v) is 16.3. The first-order chi connectivity index (χ1) is 14.2. The monoisotopic (exact) mass is 380 g/mol. The number of benzene rings is 4. The Balaban J connectivity index is 1.57. The van der Waals surface area contributed by atoms with E-state index in [1.165, 1.54) is 11.1 Å². The molecule has 0 amide bonds. The predicted octanol–water partition coefficient (Wildman–Crippen LogP) is 5.87. The lowest BCUT2D eigenvalue weighted by Gasteiger charge is -2.11. The van der Waals surface area contributed by atoms with Crippen molar-refractivity contribution in [1.29, 1.82) is 0 Å². The van der Waals surface area contributed by atoms with E-state index in [1.807, 2.05) is 60.7 Å². The Morgan fingerprint density at radius 1 is 0.414 bits per heavy atom. The van der Waals surface area contributed by atoms with Gasteiger partial charge in [-0.3, -0.25) is 0 Å². The third kappa shape index (κ3) is 4.85. The highest BCUT2D eigenvalue weighted by molar-refractivity contribution is 5.46. The van der Waals surface area contributed by atoms with Crippen LogP contribution in [0.1, 0.15) is 33.4 Å². The van der Waals surface area contributed by atoms with Crippen LogP contribution in [-0.2, 0) is 19.3 Å². The van der Waals surface area contributed by atoms with Gasteiger partial charge in [-0.15, -0.1) is 0 Å². The maximum atomic E-state index is 10.4. The molecule has 4 rings (SSSR count). The van der Waals surface area contributed by atoms with E-state index in [0.29, 0.717) is 6.42 Å². The molecule has 4 aromatic carbocycles. The summed E-state index contributed by atoms with van der Waals surface area (Å²) >= 11 is 0. The van der Waals surface area contributed by atoms with E-state index in [2.05, 4.69) is 24.3 Å². The minimum Gasteiger partial charge on any atom is -0.508 e. The molecule has 0 atom stereocenters. The largest absolute Gasteiger partial charge is 0.508 e. The van der Waals surface area contributed by atoms with Crippen LogP contribution in [0.3, 0.4) is 0 Å². The van der Waals surface area contributed by atoms with Gasteiger partial charge in [-0.1, -0.05) is 84.9 Å². The van der Waals surface area contributed by atoms with Crippen molar-refractivity contribution in [2.75, 3.05) is 0 Å². The van der Waals surface area contributed by atoms with Gasteiger partial charge >= 0.3 is 0 Å². The quantitative estimate of drug-likeness (QED) is 0.439. The highest BCUT2D eigenvalue weighted by Gasteiger charge is 2.10. The van der Waals surface area contributed by atoms with Gasteiger partial charge < -0.3 is 10.2 Å². The van der Waals surface area contributed by atoms with E-state index >= 15 is 0 Å². The summed E-state index contributed by atoms with van der Waals surface area (Å²) in [6.07, 6.45) is 2.12. The summed E-state index contributed by atoms with van der Waals surface area (Å²) in [4.78, 5) is 0. The number of rotatable bonds is 6. The van der Waals surface area contributed by atoms with Crippen molar-refractivity contribution in [2.24, 2.45) is 0 Å². The maximum absolute atomic E-state index is 10.4. The third-order valence-corrected chi connectivity index (χ3v) is 5.17. The number of aromatic hydroxyl groups is 2. The van der Waals surface area contributed by atoms with Crippen LogP contribution in [0.15, 0.2) is 97.1 Å². The fourth-order valence-electron chi connectivity index (χ4n) is 3.65. The normalized spacial score (nSPS) is 10.8. The summed E-state index contributed by atoms with van der Waals surface area (Å²) in [5, 5.41) is 20.8. The van der Waals surface area contributed by atoms with Gasteiger partial charge in [-0.05, 0) is 58.4 Å². The van der Waals surface area contributed by atoms with Crippen LogP contribution >= 0.6 is 0 Å². The summed E-state index contributed by atoms with van der Waals surface area (Å²) in [6.45, 7) is 0. The van der Waals surface area contributed by atoms with Gasteiger partial charge in [0.25, 0.3) is 0 Å². The lowest BCUT2D eigenvalue weighted by Crippen LogP contribution is -1.96. The fraction of sp³-hybridized carbons (Fsp3) is 0.111. The number of hydrogen-bond acceptors (Lipinski definition) is 2. The van der Waals surface area contributed by atoms with E-state index in [4.69, 9.17) is 0 Å². The molecule has 0 fully saturated rings. The molecule has 2 nitrogen and oxygen atoms in total. The zero-order chi connectivity index (χ0) is 20.1. The molecule has 0 radical (unpaired) electrons. The van der Waals surface area contributed by atoms with Crippen molar-refractivity contribution in [3.05, 3.63) is 130 Å². The molecule has 29 heavy (non-hydrogen) atoms. The van der Waals surface area contributed by atoms with E-state index < -0.39 is 0 Å². The van der Waals surface area contributed by atoms with Crippen LogP contribution in [-0.4, -0.2) is 10.2 Å². The molecule has 0 heterocycles. The Morgan fingerprint density at radius 2 is 0.828 bits per heavy atom. The summed E-state index contributed by atoms with van der Waals surface area (Å²) in [7, 11) is 0.